The van der Waals surface area contributed by atoms with E-state index in [4.69, 9.17) is 4.74 Å². The van der Waals surface area contributed by atoms with Gasteiger partial charge in [-0.05, 0) is 68.7 Å². The van der Waals surface area contributed by atoms with Crippen LogP contribution in [0.4, 0.5) is 36.7 Å². The first-order valence-corrected chi connectivity index (χ1v) is 12.6. The number of carboxylic acids is 1. The number of carbonyl (C=O) groups is 1. The Kier molecular flexibility index (Phi) is 9.91. The molecule has 3 aromatic rings. The minimum Gasteiger partial charge on any atom is -0.492 e. The number of halogens is 3. The third-order valence-electron chi connectivity index (χ3n) is 5.79. The van der Waals surface area contributed by atoms with E-state index in [1.807, 2.05) is 45.0 Å². The summed E-state index contributed by atoms with van der Waals surface area (Å²) in [7, 11) is 1.79. The molecule has 0 bridgehead atoms. The van der Waals surface area contributed by atoms with Gasteiger partial charge in [-0.15, -0.1) is 0 Å². The number of aromatic nitrogens is 3. The first-order valence-electron chi connectivity index (χ1n) is 12.6. The molecule has 3 N–H and O–H groups in total. The highest BCUT2D eigenvalue weighted by molar-refractivity contribution is 5.70. The Morgan fingerprint density at radius 2 is 1.67 bits per heavy atom. The molecule has 1 atom stereocenters. The van der Waals surface area contributed by atoms with Crippen molar-refractivity contribution in [2.75, 3.05) is 35.7 Å². The number of hydrogen-bond donors (Lipinski definition) is 3. The molecule has 1 heterocycles. The fourth-order valence-corrected chi connectivity index (χ4v) is 3.60. The van der Waals surface area contributed by atoms with Gasteiger partial charge in [0, 0.05) is 18.8 Å². The summed E-state index contributed by atoms with van der Waals surface area (Å²) in [5, 5.41) is 15.3. The van der Waals surface area contributed by atoms with Crippen LogP contribution in [0.3, 0.4) is 0 Å². The lowest BCUT2D eigenvalue weighted by Gasteiger charge is -2.19. The Labute approximate surface area is 225 Å². The largest absolute Gasteiger partial charge is 0.492 e. The Morgan fingerprint density at radius 3 is 2.23 bits per heavy atom. The summed E-state index contributed by atoms with van der Waals surface area (Å²) < 4.78 is 44.5. The highest BCUT2D eigenvalue weighted by atomic mass is 19.4. The van der Waals surface area contributed by atoms with Crippen molar-refractivity contribution in [3.8, 4) is 5.75 Å². The highest BCUT2D eigenvalue weighted by Crippen LogP contribution is 2.30. The van der Waals surface area contributed by atoms with E-state index in [-0.39, 0.29) is 12.0 Å². The van der Waals surface area contributed by atoms with Crippen LogP contribution in [0.25, 0.3) is 0 Å². The third kappa shape index (κ3) is 9.01. The Balaban J connectivity index is 1.64. The molecule has 39 heavy (non-hydrogen) atoms. The van der Waals surface area contributed by atoms with Crippen molar-refractivity contribution in [1.29, 1.82) is 0 Å². The Hall–Kier alpha value is -4.09. The normalized spacial score (nSPS) is 12.2. The van der Waals surface area contributed by atoms with Crippen molar-refractivity contribution in [2.45, 2.75) is 45.8 Å². The second-order valence-electron chi connectivity index (χ2n) is 9.34. The van der Waals surface area contributed by atoms with Crippen molar-refractivity contribution in [3.05, 3.63) is 59.7 Å². The van der Waals surface area contributed by atoms with E-state index in [0.717, 1.165) is 17.7 Å². The van der Waals surface area contributed by atoms with Crippen LogP contribution >= 0.6 is 0 Å². The lowest BCUT2D eigenvalue weighted by atomic mass is 9.97. The second-order valence-corrected chi connectivity index (χ2v) is 9.34. The van der Waals surface area contributed by atoms with Gasteiger partial charge in [-0.2, -0.15) is 28.1 Å². The molecule has 0 spiro atoms. The fourth-order valence-electron chi connectivity index (χ4n) is 3.60. The lowest BCUT2D eigenvalue weighted by Crippen LogP contribution is -2.27. The number of hydrogen-bond acceptors (Lipinski definition) is 8. The number of carboxylic acid groups (broad SMARTS) is 1. The maximum Gasteiger partial charge on any atom is 0.416 e. The number of anilines is 4. The quantitative estimate of drug-likeness (QED) is 0.251. The number of alkyl halides is 3. The summed E-state index contributed by atoms with van der Waals surface area (Å²) >= 11 is 0. The maximum atomic E-state index is 12.9. The van der Waals surface area contributed by atoms with Gasteiger partial charge in [-0.1, -0.05) is 19.1 Å². The number of nitrogens with one attached hydrogen (secondary N) is 2. The Morgan fingerprint density at radius 1 is 1.03 bits per heavy atom. The number of likely N-dealkylation sites (N-methyl/N-ethyl adjacent to an activating group) is 1. The SMILES string of the molecule is CCC(Cc1ccc(OCCN(C)c2nc(Nc3ccc(C(F)(F)F)cc3)nc(NC(C)C)n2)cc1)C(=O)O. The smallest absolute Gasteiger partial charge is 0.416 e. The summed E-state index contributed by atoms with van der Waals surface area (Å²) in [6.45, 7) is 6.47. The van der Waals surface area contributed by atoms with Gasteiger partial charge in [-0.3, -0.25) is 4.79 Å². The number of nitrogens with zero attached hydrogens (tertiary/aromatic N) is 4. The van der Waals surface area contributed by atoms with Gasteiger partial charge in [0.1, 0.15) is 12.4 Å². The van der Waals surface area contributed by atoms with E-state index >= 15 is 0 Å². The van der Waals surface area contributed by atoms with Crippen LogP contribution in [0.1, 0.15) is 38.3 Å². The monoisotopic (exact) mass is 546 g/mol. The topological polar surface area (TPSA) is 113 Å². The van der Waals surface area contributed by atoms with Crippen molar-refractivity contribution < 1.29 is 27.8 Å². The first kappa shape index (κ1) is 29.5. The van der Waals surface area contributed by atoms with Gasteiger partial charge in [-0.25, -0.2) is 0 Å². The molecule has 3 rings (SSSR count). The van der Waals surface area contributed by atoms with Gasteiger partial charge in [0.15, 0.2) is 0 Å². The van der Waals surface area contributed by atoms with E-state index in [9.17, 15) is 23.1 Å². The molecule has 0 aliphatic rings. The summed E-state index contributed by atoms with van der Waals surface area (Å²) in [5.74, 6) is 0.277. The van der Waals surface area contributed by atoms with E-state index in [1.54, 1.807) is 11.9 Å². The predicted octanol–water partition coefficient (Wildman–Crippen LogP) is 5.62. The molecule has 210 valence electrons. The minimum absolute atomic E-state index is 0.0406. The molecule has 0 aliphatic heterocycles. The molecular weight excluding hydrogens is 513 g/mol. The number of aliphatic carboxylic acids is 1. The molecule has 12 heteroatoms. The zero-order valence-electron chi connectivity index (χ0n) is 22.3. The van der Waals surface area contributed by atoms with Crippen LogP contribution in [0, 0.1) is 5.92 Å². The van der Waals surface area contributed by atoms with Crippen LogP contribution in [-0.2, 0) is 17.4 Å². The average Bonchev–Trinajstić information content (AvgIpc) is 2.87. The van der Waals surface area contributed by atoms with Crippen molar-refractivity contribution >= 4 is 29.5 Å². The van der Waals surface area contributed by atoms with Crippen molar-refractivity contribution in [3.63, 3.8) is 0 Å². The van der Waals surface area contributed by atoms with Gasteiger partial charge in [0.25, 0.3) is 0 Å². The van der Waals surface area contributed by atoms with E-state index in [0.29, 0.717) is 49.3 Å². The molecule has 1 unspecified atom stereocenters. The van der Waals surface area contributed by atoms with Crippen LogP contribution in [-0.4, -0.2) is 52.3 Å². The molecule has 1 aromatic heterocycles. The van der Waals surface area contributed by atoms with Crippen LogP contribution in [0.15, 0.2) is 48.5 Å². The number of rotatable bonds is 13. The molecule has 0 saturated carbocycles. The summed E-state index contributed by atoms with van der Waals surface area (Å²) in [5.41, 5.74) is 0.585. The summed E-state index contributed by atoms with van der Waals surface area (Å²) in [6.07, 6.45) is -3.39. The number of ether oxygens (including phenoxy) is 1. The zero-order chi connectivity index (χ0) is 28.6. The molecule has 0 aliphatic carbocycles. The van der Waals surface area contributed by atoms with Gasteiger partial charge < -0.3 is 25.4 Å². The molecule has 9 nitrogen and oxygen atoms in total. The van der Waals surface area contributed by atoms with Gasteiger partial charge in [0.2, 0.25) is 17.8 Å². The molecular formula is C27H33F3N6O3. The zero-order valence-corrected chi connectivity index (χ0v) is 22.3. The van der Waals surface area contributed by atoms with Crippen molar-refractivity contribution in [1.82, 2.24) is 15.0 Å². The summed E-state index contributed by atoms with van der Waals surface area (Å²) in [6, 6.07) is 12.0. The molecule has 2 aromatic carbocycles. The maximum absolute atomic E-state index is 12.9. The van der Waals surface area contributed by atoms with Gasteiger partial charge >= 0.3 is 12.1 Å². The standard InChI is InChI=1S/C27H33F3N6O3/c1-5-19(23(37)38)16-18-6-12-22(13-7-18)39-15-14-36(4)26-34-24(31-17(2)3)33-25(35-26)32-21-10-8-20(9-11-21)27(28,29)30/h6-13,17,19H,5,14-16H2,1-4H3,(H,37,38)(H2,31,32,33,34,35). The number of benzene rings is 2. The lowest BCUT2D eigenvalue weighted by molar-refractivity contribution is -0.141. The Bertz CT molecular complexity index is 1220. The predicted molar refractivity (Wildman–Crippen MR) is 144 cm³/mol. The molecule has 0 amide bonds. The van der Waals surface area contributed by atoms with Gasteiger partial charge in [0.05, 0.1) is 18.0 Å². The highest BCUT2D eigenvalue weighted by Gasteiger charge is 2.30. The fraction of sp³-hybridized carbons (Fsp3) is 0.407. The van der Waals surface area contributed by atoms with Crippen LogP contribution in [0.2, 0.25) is 0 Å². The minimum atomic E-state index is -4.42. The van der Waals surface area contributed by atoms with Crippen molar-refractivity contribution in [2.24, 2.45) is 5.92 Å². The summed E-state index contributed by atoms with van der Waals surface area (Å²) in [4.78, 5) is 26.2. The van der Waals surface area contributed by atoms with Crippen LogP contribution < -0.4 is 20.3 Å². The second kappa shape index (κ2) is 13.1. The molecule has 0 radical (unpaired) electrons. The van der Waals surface area contributed by atoms with E-state index in [2.05, 4.69) is 25.6 Å². The third-order valence-corrected chi connectivity index (χ3v) is 5.79. The first-order chi connectivity index (χ1) is 18.4. The van der Waals surface area contributed by atoms with Crippen LogP contribution in [0.5, 0.6) is 5.75 Å². The van der Waals surface area contributed by atoms with E-state index in [1.165, 1.54) is 12.1 Å². The van der Waals surface area contributed by atoms with E-state index < -0.39 is 23.6 Å². The molecule has 0 saturated heterocycles. The molecule has 0 fully saturated rings. The average molecular weight is 547 g/mol.